The number of benzene rings is 2. The van der Waals surface area contributed by atoms with E-state index in [1.807, 2.05) is 42.5 Å². The maximum absolute atomic E-state index is 12.8. The Labute approximate surface area is 191 Å². The summed E-state index contributed by atoms with van der Waals surface area (Å²) in [4.78, 5) is 12.8. The highest BCUT2D eigenvalue weighted by molar-refractivity contribution is 5.82. The van der Waals surface area contributed by atoms with Crippen molar-refractivity contribution in [1.82, 2.24) is 5.32 Å². The first-order valence-electron chi connectivity index (χ1n) is 10.8. The number of ether oxygens (including phenoxy) is 3. The van der Waals surface area contributed by atoms with Gasteiger partial charge in [0.25, 0.3) is 5.91 Å². The lowest BCUT2D eigenvalue weighted by Gasteiger charge is -2.17. The molecule has 0 saturated carbocycles. The Morgan fingerprint density at radius 2 is 1.72 bits per heavy atom. The van der Waals surface area contributed by atoms with Crippen molar-refractivity contribution in [2.75, 3.05) is 26.9 Å². The number of hydrogen-bond donors (Lipinski definition) is 1. The van der Waals surface area contributed by atoms with Gasteiger partial charge in [-0.3, -0.25) is 4.79 Å². The smallest absolute Gasteiger partial charge is 0.253 e. The number of carbonyl (C=O) groups is 1. The fraction of sp³-hybridized carbons (Fsp3) is 0.370. The van der Waals surface area contributed by atoms with Crippen LogP contribution < -0.4 is 14.8 Å². The minimum atomic E-state index is -0.750. The average molecular weight is 434 g/mol. The third-order valence-electron chi connectivity index (χ3n) is 4.92. The summed E-state index contributed by atoms with van der Waals surface area (Å²) >= 11 is 0. The number of amides is 1. The lowest BCUT2D eigenvalue weighted by molar-refractivity contribution is -0.132. The summed E-state index contributed by atoms with van der Waals surface area (Å²) in [7, 11) is 1.57. The first-order valence-corrected chi connectivity index (χ1v) is 10.8. The zero-order valence-corrected chi connectivity index (χ0v) is 18.9. The standard InChI is InChI=1S/C27H31NO4/c1-5-8-9-21-10-13-23(14-11-21)26(32-19-7-3)27(29)28-17-16-22-12-15-24(31-18-6-2)25(20-22)30-4/h2-3,10-15,20,26H,5,8-9,16-19H2,1,4H3,(H,28,29). The van der Waals surface area contributed by atoms with E-state index in [1.54, 1.807) is 7.11 Å². The SMILES string of the molecule is C#CCOc1ccc(CCNC(=O)C(OCC#C)c2ccc(CCCC)cc2)cc1OC. The number of hydrogen-bond acceptors (Lipinski definition) is 4. The Morgan fingerprint density at radius 1 is 1.00 bits per heavy atom. The van der Waals surface area contributed by atoms with Gasteiger partial charge in [-0.2, -0.15) is 0 Å². The van der Waals surface area contributed by atoms with Gasteiger partial charge >= 0.3 is 0 Å². The average Bonchev–Trinajstić information content (AvgIpc) is 2.82. The highest BCUT2D eigenvalue weighted by Crippen LogP contribution is 2.28. The normalized spacial score (nSPS) is 11.1. The molecule has 0 saturated heterocycles. The van der Waals surface area contributed by atoms with Gasteiger partial charge in [0.05, 0.1) is 7.11 Å². The molecular formula is C27H31NO4. The molecule has 2 rings (SSSR count). The maximum atomic E-state index is 12.8. The molecule has 0 bridgehead atoms. The van der Waals surface area contributed by atoms with E-state index in [0.717, 1.165) is 30.4 Å². The van der Waals surface area contributed by atoms with E-state index in [0.29, 0.717) is 24.5 Å². The molecule has 168 valence electrons. The van der Waals surface area contributed by atoms with E-state index in [4.69, 9.17) is 27.1 Å². The van der Waals surface area contributed by atoms with Crippen molar-refractivity contribution in [3.8, 4) is 36.2 Å². The van der Waals surface area contributed by atoms with Crippen LogP contribution in [0.25, 0.3) is 0 Å². The molecule has 0 heterocycles. The molecule has 2 aromatic carbocycles. The Kier molecular flexibility index (Phi) is 10.7. The summed E-state index contributed by atoms with van der Waals surface area (Å²) in [5.41, 5.74) is 3.03. The molecule has 0 aliphatic rings. The Balaban J connectivity index is 1.98. The van der Waals surface area contributed by atoms with Crippen LogP contribution >= 0.6 is 0 Å². The van der Waals surface area contributed by atoms with Crippen molar-refractivity contribution < 1.29 is 19.0 Å². The van der Waals surface area contributed by atoms with Crippen molar-refractivity contribution in [2.45, 2.75) is 38.7 Å². The van der Waals surface area contributed by atoms with Crippen molar-refractivity contribution in [3.05, 3.63) is 59.2 Å². The minimum Gasteiger partial charge on any atom is -0.493 e. The van der Waals surface area contributed by atoms with Gasteiger partial charge in [0.1, 0.15) is 13.2 Å². The summed E-state index contributed by atoms with van der Waals surface area (Å²) in [6, 6.07) is 13.6. The second kappa shape index (κ2) is 13.8. The minimum absolute atomic E-state index is 0.0615. The largest absolute Gasteiger partial charge is 0.493 e. The van der Waals surface area contributed by atoms with Crippen LogP contribution in [0.2, 0.25) is 0 Å². The van der Waals surface area contributed by atoms with Crippen LogP contribution in [0.4, 0.5) is 0 Å². The Hall–Kier alpha value is -3.41. The summed E-state index contributed by atoms with van der Waals surface area (Å²) < 4.78 is 16.5. The van der Waals surface area contributed by atoms with E-state index in [2.05, 4.69) is 24.1 Å². The quantitative estimate of drug-likeness (QED) is 0.483. The molecule has 1 N–H and O–H groups in total. The van der Waals surface area contributed by atoms with Gasteiger partial charge < -0.3 is 19.5 Å². The number of methoxy groups -OCH3 is 1. The van der Waals surface area contributed by atoms with Gasteiger partial charge in [0.15, 0.2) is 17.6 Å². The zero-order chi connectivity index (χ0) is 23.2. The van der Waals surface area contributed by atoms with Crippen LogP contribution in [0.15, 0.2) is 42.5 Å². The molecule has 0 spiro atoms. The number of unbranched alkanes of at least 4 members (excludes halogenated alkanes) is 1. The van der Waals surface area contributed by atoms with Gasteiger partial charge in [-0.15, -0.1) is 12.8 Å². The second-order valence-corrected chi connectivity index (χ2v) is 7.26. The molecule has 32 heavy (non-hydrogen) atoms. The third kappa shape index (κ3) is 7.69. The van der Waals surface area contributed by atoms with Gasteiger partial charge in [-0.1, -0.05) is 55.5 Å². The number of terminal acetylenes is 2. The van der Waals surface area contributed by atoms with Crippen LogP contribution in [0.5, 0.6) is 11.5 Å². The molecule has 0 aliphatic carbocycles. The van der Waals surface area contributed by atoms with E-state index in [-0.39, 0.29) is 19.1 Å². The Bertz CT molecular complexity index is 938. The van der Waals surface area contributed by atoms with Gasteiger partial charge in [-0.25, -0.2) is 0 Å². The van der Waals surface area contributed by atoms with Crippen LogP contribution in [0.3, 0.4) is 0 Å². The molecule has 0 radical (unpaired) electrons. The van der Waals surface area contributed by atoms with Gasteiger partial charge in [0, 0.05) is 6.54 Å². The topological polar surface area (TPSA) is 56.8 Å². The van der Waals surface area contributed by atoms with Crippen LogP contribution in [-0.4, -0.2) is 32.8 Å². The second-order valence-electron chi connectivity index (χ2n) is 7.26. The molecule has 1 atom stereocenters. The summed E-state index contributed by atoms with van der Waals surface area (Å²) in [5, 5.41) is 2.94. The molecule has 1 amide bonds. The van der Waals surface area contributed by atoms with Crippen molar-refractivity contribution in [2.24, 2.45) is 0 Å². The monoisotopic (exact) mass is 433 g/mol. The van der Waals surface area contributed by atoms with Crippen molar-refractivity contribution >= 4 is 5.91 Å². The lowest BCUT2D eigenvalue weighted by Crippen LogP contribution is -2.32. The number of nitrogens with one attached hydrogen (secondary N) is 1. The summed E-state index contributed by atoms with van der Waals surface area (Å²) in [6.45, 7) is 2.84. The van der Waals surface area contributed by atoms with Crippen molar-refractivity contribution in [3.63, 3.8) is 0 Å². The van der Waals surface area contributed by atoms with Gasteiger partial charge in [0.2, 0.25) is 0 Å². The molecule has 0 aromatic heterocycles. The fourth-order valence-corrected chi connectivity index (χ4v) is 3.22. The molecular weight excluding hydrogens is 402 g/mol. The number of aryl methyl sites for hydroxylation is 1. The first kappa shape index (κ1) is 24.9. The van der Waals surface area contributed by atoms with Crippen LogP contribution in [0.1, 0.15) is 42.6 Å². The summed E-state index contributed by atoms with van der Waals surface area (Å²) in [5.74, 6) is 5.83. The molecule has 2 aromatic rings. The van der Waals surface area contributed by atoms with Gasteiger partial charge in [-0.05, 0) is 48.1 Å². The molecule has 5 heteroatoms. The first-order chi connectivity index (χ1) is 15.6. The Morgan fingerprint density at radius 3 is 2.38 bits per heavy atom. The van der Waals surface area contributed by atoms with E-state index in [1.165, 1.54) is 5.56 Å². The zero-order valence-electron chi connectivity index (χ0n) is 18.9. The fourth-order valence-electron chi connectivity index (χ4n) is 3.22. The van der Waals surface area contributed by atoms with E-state index < -0.39 is 6.10 Å². The number of carbonyl (C=O) groups excluding carboxylic acids is 1. The predicted molar refractivity (Wildman–Crippen MR) is 127 cm³/mol. The van der Waals surface area contributed by atoms with Crippen molar-refractivity contribution in [1.29, 1.82) is 0 Å². The number of rotatable bonds is 13. The van der Waals surface area contributed by atoms with Crippen LogP contribution in [-0.2, 0) is 22.4 Å². The predicted octanol–water partition coefficient (Wildman–Crippen LogP) is 4.10. The highest BCUT2D eigenvalue weighted by atomic mass is 16.5. The van der Waals surface area contributed by atoms with Crippen LogP contribution in [0, 0.1) is 24.7 Å². The molecule has 1 unspecified atom stereocenters. The maximum Gasteiger partial charge on any atom is 0.253 e. The molecule has 0 aliphatic heterocycles. The molecule has 0 fully saturated rings. The summed E-state index contributed by atoms with van der Waals surface area (Å²) in [6.07, 6.45) is 13.8. The molecule has 5 nitrogen and oxygen atoms in total. The van der Waals surface area contributed by atoms with E-state index in [9.17, 15) is 4.79 Å². The third-order valence-corrected chi connectivity index (χ3v) is 4.92. The van der Waals surface area contributed by atoms with E-state index >= 15 is 0 Å². The highest BCUT2D eigenvalue weighted by Gasteiger charge is 2.21. The lowest BCUT2D eigenvalue weighted by atomic mass is 10.0.